The number of pyridine rings is 1. The van der Waals surface area contributed by atoms with Gasteiger partial charge >= 0.3 is 0 Å². The molecule has 0 spiro atoms. The average Bonchev–Trinajstić information content (AvgIpc) is 2.91. The van der Waals surface area contributed by atoms with Crippen LogP contribution in [0.3, 0.4) is 0 Å². The van der Waals surface area contributed by atoms with Gasteiger partial charge in [-0.15, -0.1) is 11.3 Å². The van der Waals surface area contributed by atoms with Crippen LogP contribution >= 0.6 is 11.3 Å². The molecular formula is C15H14N4O2S. The number of benzene rings is 1. The van der Waals surface area contributed by atoms with Gasteiger partial charge in [0.05, 0.1) is 20.1 Å². The van der Waals surface area contributed by atoms with E-state index in [1.54, 1.807) is 18.3 Å². The van der Waals surface area contributed by atoms with Gasteiger partial charge in [-0.3, -0.25) is 10.1 Å². The second-order valence-electron chi connectivity index (χ2n) is 4.87. The van der Waals surface area contributed by atoms with Gasteiger partial charge in [0.15, 0.2) is 0 Å². The number of rotatable bonds is 5. The maximum Gasteiger partial charge on any atom is 0.287 e. The van der Waals surface area contributed by atoms with Crippen molar-refractivity contribution in [1.29, 1.82) is 0 Å². The number of para-hydroxylation sites is 1. The molecule has 0 bridgehead atoms. The van der Waals surface area contributed by atoms with Crippen LogP contribution in [0.15, 0.2) is 36.5 Å². The fourth-order valence-electron chi connectivity index (χ4n) is 2.16. The second-order valence-corrected chi connectivity index (χ2v) is 5.98. The smallest absolute Gasteiger partial charge is 0.287 e. The maximum atomic E-state index is 10.7. The summed E-state index contributed by atoms with van der Waals surface area (Å²) in [6.07, 6.45) is 2.06. The third-order valence-electron chi connectivity index (χ3n) is 3.24. The summed E-state index contributed by atoms with van der Waals surface area (Å²) in [6, 6.07) is 9.57. The van der Waals surface area contributed by atoms with E-state index in [4.69, 9.17) is 0 Å². The largest absolute Gasteiger partial charge is 0.369 e. The highest BCUT2D eigenvalue weighted by Crippen LogP contribution is 2.22. The van der Waals surface area contributed by atoms with Gasteiger partial charge in [-0.1, -0.05) is 12.1 Å². The quantitative estimate of drug-likeness (QED) is 0.575. The van der Waals surface area contributed by atoms with Crippen molar-refractivity contribution in [3.63, 3.8) is 0 Å². The summed E-state index contributed by atoms with van der Waals surface area (Å²) in [6.45, 7) is 2.49. The number of nitrogens with one attached hydrogen (secondary N) is 1. The summed E-state index contributed by atoms with van der Waals surface area (Å²) in [5.41, 5.74) is 1.79. The summed E-state index contributed by atoms with van der Waals surface area (Å²) in [5, 5.41) is 15.0. The molecule has 112 valence electrons. The van der Waals surface area contributed by atoms with Crippen LogP contribution in [0.5, 0.6) is 0 Å². The van der Waals surface area contributed by atoms with Gasteiger partial charge in [0, 0.05) is 19.0 Å². The third kappa shape index (κ3) is 3.04. The molecule has 2 heterocycles. The monoisotopic (exact) mass is 314 g/mol. The minimum atomic E-state index is -0.440. The maximum absolute atomic E-state index is 10.7. The molecule has 6 nitrogen and oxygen atoms in total. The van der Waals surface area contributed by atoms with E-state index in [1.807, 2.05) is 18.2 Å². The van der Waals surface area contributed by atoms with Crippen LogP contribution in [-0.2, 0) is 6.42 Å². The van der Waals surface area contributed by atoms with Gasteiger partial charge in [-0.05, 0) is 24.6 Å². The van der Waals surface area contributed by atoms with E-state index in [1.165, 1.54) is 17.0 Å². The Morgan fingerprint density at radius 1 is 1.36 bits per heavy atom. The Labute approximate surface area is 131 Å². The number of hydrogen-bond donors (Lipinski definition) is 1. The molecule has 3 rings (SSSR count). The first kappa shape index (κ1) is 14.4. The fourth-order valence-corrected chi connectivity index (χ4v) is 3.13. The van der Waals surface area contributed by atoms with Gasteiger partial charge in [0.2, 0.25) is 0 Å². The number of thiazole rings is 1. The van der Waals surface area contributed by atoms with Crippen molar-refractivity contribution in [2.24, 2.45) is 0 Å². The third-order valence-corrected chi connectivity index (χ3v) is 4.34. The number of aryl methyl sites for hydroxylation is 1. The predicted octanol–water partition coefficient (Wildman–Crippen LogP) is 3.56. The lowest BCUT2D eigenvalue weighted by atomic mass is 10.2. The molecule has 0 saturated heterocycles. The van der Waals surface area contributed by atoms with Gasteiger partial charge < -0.3 is 5.32 Å². The van der Waals surface area contributed by atoms with Crippen molar-refractivity contribution < 1.29 is 4.92 Å². The molecule has 0 fully saturated rings. The van der Waals surface area contributed by atoms with Crippen LogP contribution < -0.4 is 5.32 Å². The van der Waals surface area contributed by atoms with Crippen molar-refractivity contribution in [2.75, 3.05) is 11.9 Å². The molecule has 7 heteroatoms. The summed E-state index contributed by atoms with van der Waals surface area (Å²) in [4.78, 5) is 18.9. The first-order valence-electron chi connectivity index (χ1n) is 6.83. The summed E-state index contributed by atoms with van der Waals surface area (Å²) >= 11 is 1.68. The lowest BCUT2D eigenvalue weighted by Gasteiger charge is -2.06. The minimum absolute atomic E-state index is 0.00854. The van der Waals surface area contributed by atoms with E-state index < -0.39 is 4.92 Å². The molecule has 0 amide bonds. The molecule has 22 heavy (non-hydrogen) atoms. The molecule has 1 aromatic carbocycles. The Bertz CT molecular complexity index is 798. The molecule has 0 aliphatic heterocycles. The van der Waals surface area contributed by atoms with Crippen molar-refractivity contribution in [3.8, 4) is 0 Å². The molecule has 0 unspecified atom stereocenters. The summed E-state index contributed by atoms with van der Waals surface area (Å²) in [5.74, 6) is 0.673. The van der Waals surface area contributed by atoms with E-state index in [0.717, 1.165) is 22.5 Å². The topological polar surface area (TPSA) is 81.0 Å². The van der Waals surface area contributed by atoms with Gasteiger partial charge in [-0.25, -0.2) is 9.97 Å². The highest BCUT2D eigenvalue weighted by Gasteiger charge is 2.09. The molecule has 3 aromatic rings. The van der Waals surface area contributed by atoms with Gasteiger partial charge in [-0.2, -0.15) is 0 Å². The van der Waals surface area contributed by atoms with Crippen LogP contribution in [0, 0.1) is 17.0 Å². The van der Waals surface area contributed by atoms with Crippen LogP contribution in [0.4, 0.5) is 11.5 Å². The van der Waals surface area contributed by atoms with Crippen molar-refractivity contribution >= 4 is 33.1 Å². The Hall–Kier alpha value is -2.54. The zero-order chi connectivity index (χ0) is 15.5. The molecule has 0 aliphatic carbocycles. The van der Waals surface area contributed by atoms with Crippen molar-refractivity contribution in [2.45, 2.75) is 13.3 Å². The van der Waals surface area contributed by atoms with Gasteiger partial charge in [0.25, 0.3) is 5.69 Å². The van der Waals surface area contributed by atoms with E-state index in [2.05, 4.69) is 21.4 Å². The molecule has 0 saturated carbocycles. The van der Waals surface area contributed by atoms with Crippen molar-refractivity contribution in [3.05, 3.63) is 57.2 Å². The second kappa shape index (κ2) is 6.07. The average molecular weight is 314 g/mol. The molecule has 0 radical (unpaired) electrons. The Kier molecular flexibility index (Phi) is 3.97. The zero-order valence-electron chi connectivity index (χ0n) is 11.9. The Balaban J connectivity index is 1.64. The number of aromatic nitrogens is 2. The fraction of sp³-hybridized carbons (Fsp3) is 0.200. The highest BCUT2D eigenvalue weighted by atomic mass is 32.1. The number of fused-ring (bicyclic) bond motifs is 1. The van der Waals surface area contributed by atoms with Crippen LogP contribution in [0.2, 0.25) is 0 Å². The Morgan fingerprint density at radius 3 is 2.91 bits per heavy atom. The van der Waals surface area contributed by atoms with E-state index in [9.17, 15) is 10.1 Å². The molecule has 2 aromatic heterocycles. The van der Waals surface area contributed by atoms with E-state index >= 15 is 0 Å². The number of nitrogens with zero attached hydrogens (tertiary/aromatic N) is 3. The summed E-state index contributed by atoms with van der Waals surface area (Å²) < 4.78 is 1.18. The number of nitro groups is 1. The van der Waals surface area contributed by atoms with E-state index in [0.29, 0.717) is 12.4 Å². The zero-order valence-corrected chi connectivity index (χ0v) is 12.8. The molecular weight excluding hydrogens is 300 g/mol. The Morgan fingerprint density at radius 2 is 2.18 bits per heavy atom. The van der Waals surface area contributed by atoms with Crippen LogP contribution in [0.1, 0.15) is 10.6 Å². The number of anilines is 1. The standard InChI is InChI=1S/C15H14N4O2S/c1-10-8-11(19(20)21)9-17-15(10)16-7-6-14-18-12-4-2-3-5-13(12)22-14/h2-5,8-9H,6-7H2,1H3,(H,16,17). The summed E-state index contributed by atoms with van der Waals surface area (Å²) in [7, 11) is 0. The van der Waals surface area contributed by atoms with E-state index in [-0.39, 0.29) is 5.69 Å². The first-order valence-corrected chi connectivity index (χ1v) is 7.64. The van der Waals surface area contributed by atoms with Crippen LogP contribution in [-0.4, -0.2) is 21.4 Å². The first-order chi connectivity index (χ1) is 10.6. The normalized spacial score (nSPS) is 10.8. The lowest BCUT2D eigenvalue weighted by Crippen LogP contribution is -2.07. The van der Waals surface area contributed by atoms with Crippen molar-refractivity contribution in [1.82, 2.24) is 9.97 Å². The SMILES string of the molecule is Cc1cc([N+](=O)[O-])cnc1NCCc1nc2ccccc2s1. The highest BCUT2D eigenvalue weighted by molar-refractivity contribution is 7.18. The molecule has 0 atom stereocenters. The minimum Gasteiger partial charge on any atom is -0.369 e. The number of hydrogen-bond acceptors (Lipinski definition) is 6. The lowest BCUT2D eigenvalue weighted by molar-refractivity contribution is -0.385. The predicted molar refractivity (Wildman–Crippen MR) is 87.4 cm³/mol. The van der Waals surface area contributed by atoms with Gasteiger partial charge in [0.1, 0.15) is 12.0 Å². The molecule has 1 N–H and O–H groups in total. The van der Waals surface area contributed by atoms with Crippen LogP contribution in [0.25, 0.3) is 10.2 Å². The molecule has 0 aliphatic rings.